The first-order valence-electron chi connectivity index (χ1n) is 3.70. The van der Waals surface area contributed by atoms with Gasteiger partial charge in [0.05, 0.1) is 12.8 Å². The smallest absolute Gasteiger partial charge is 0.325 e. The fourth-order valence-corrected chi connectivity index (χ4v) is 1.01. The van der Waals surface area contributed by atoms with Crippen molar-refractivity contribution in [1.29, 1.82) is 0 Å². The van der Waals surface area contributed by atoms with Crippen LogP contribution in [0.2, 0.25) is 0 Å². The highest BCUT2D eigenvalue weighted by atomic mass is 16.4. The first-order valence-corrected chi connectivity index (χ1v) is 3.70. The Morgan fingerprint density at radius 1 is 1.07 bits per heavy atom. The first-order chi connectivity index (χ1) is 6.34. The number of carboxylic acids is 3. The highest BCUT2D eigenvalue weighted by Gasteiger charge is 2.41. The lowest BCUT2D eigenvalue weighted by Crippen LogP contribution is -2.53. The number of likely N-dealkylation sites (N-methyl/N-ethyl adjacent to an activating group) is 1. The van der Waals surface area contributed by atoms with Crippen LogP contribution in [0.3, 0.4) is 0 Å². The van der Waals surface area contributed by atoms with Gasteiger partial charge in [0.2, 0.25) is 0 Å². The van der Waals surface area contributed by atoms with Gasteiger partial charge in [-0.25, -0.2) is 0 Å². The second-order valence-corrected chi connectivity index (χ2v) is 2.78. The van der Waals surface area contributed by atoms with E-state index >= 15 is 0 Å². The van der Waals surface area contributed by atoms with Crippen molar-refractivity contribution in [2.45, 2.75) is 18.4 Å². The van der Waals surface area contributed by atoms with Gasteiger partial charge in [-0.3, -0.25) is 14.4 Å². The average Bonchev–Trinajstić information content (AvgIpc) is 2.00. The van der Waals surface area contributed by atoms with Crippen LogP contribution in [0.15, 0.2) is 0 Å². The lowest BCUT2D eigenvalue weighted by atomic mass is 9.91. The van der Waals surface area contributed by atoms with Crippen molar-refractivity contribution in [3.63, 3.8) is 0 Å². The third-order valence-electron chi connectivity index (χ3n) is 1.79. The van der Waals surface area contributed by atoms with Crippen LogP contribution < -0.4 is 5.32 Å². The van der Waals surface area contributed by atoms with Crippen LogP contribution in [0.25, 0.3) is 0 Å². The minimum atomic E-state index is -1.95. The normalized spacial score (nSPS) is 10.9. The Labute approximate surface area is 79.3 Å². The lowest BCUT2D eigenvalue weighted by molar-refractivity contribution is -0.155. The summed E-state index contributed by atoms with van der Waals surface area (Å²) in [6.45, 7) is 0. The maximum atomic E-state index is 10.7. The summed E-state index contributed by atoms with van der Waals surface area (Å²) < 4.78 is 0. The lowest BCUT2D eigenvalue weighted by Gasteiger charge is -2.25. The molecule has 0 rings (SSSR count). The molecule has 80 valence electrons. The molecule has 0 aromatic heterocycles. The summed E-state index contributed by atoms with van der Waals surface area (Å²) in [7, 11) is 1.21. The summed E-state index contributed by atoms with van der Waals surface area (Å²) in [5.74, 6) is -4.24. The maximum absolute atomic E-state index is 10.7. The van der Waals surface area contributed by atoms with Gasteiger partial charge in [-0.1, -0.05) is 0 Å². The maximum Gasteiger partial charge on any atom is 0.325 e. The predicted molar refractivity (Wildman–Crippen MR) is 43.9 cm³/mol. The summed E-state index contributed by atoms with van der Waals surface area (Å²) in [5, 5.41) is 27.8. The molecule has 0 radical (unpaired) electrons. The number of hydrogen-bond donors (Lipinski definition) is 4. The number of nitrogens with one attached hydrogen (secondary N) is 1. The molecule has 0 aromatic rings. The zero-order valence-corrected chi connectivity index (χ0v) is 7.48. The third-order valence-corrected chi connectivity index (χ3v) is 1.79. The SMILES string of the molecule is CNC(CC(=O)O)(CC(=O)O)C(=O)O. The Balaban J connectivity index is 4.87. The molecular weight excluding hydrogens is 194 g/mol. The van der Waals surface area contributed by atoms with Gasteiger partial charge in [-0.2, -0.15) is 0 Å². The molecule has 0 aliphatic heterocycles. The quantitative estimate of drug-likeness (QED) is 0.437. The number of hydrogen-bond acceptors (Lipinski definition) is 4. The van der Waals surface area contributed by atoms with Crippen molar-refractivity contribution in [3.8, 4) is 0 Å². The van der Waals surface area contributed by atoms with Crippen LogP contribution in [-0.4, -0.2) is 45.8 Å². The Hall–Kier alpha value is -1.63. The van der Waals surface area contributed by atoms with E-state index < -0.39 is 36.3 Å². The summed E-state index contributed by atoms with van der Waals surface area (Å²) in [5.41, 5.74) is -1.95. The van der Waals surface area contributed by atoms with E-state index in [9.17, 15) is 14.4 Å². The van der Waals surface area contributed by atoms with Crippen LogP contribution in [-0.2, 0) is 14.4 Å². The fraction of sp³-hybridized carbons (Fsp3) is 0.571. The third kappa shape index (κ3) is 3.02. The first kappa shape index (κ1) is 12.4. The number of aliphatic carboxylic acids is 3. The van der Waals surface area contributed by atoms with E-state index in [4.69, 9.17) is 15.3 Å². The second kappa shape index (κ2) is 4.56. The molecule has 0 aromatic carbocycles. The molecule has 0 fully saturated rings. The fourth-order valence-electron chi connectivity index (χ4n) is 1.01. The topological polar surface area (TPSA) is 124 Å². The molecule has 4 N–H and O–H groups in total. The van der Waals surface area contributed by atoms with Crippen LogP contribution in [0.1, 0.15) is 12.8 Å². The van der Waals surface area contributed by atoms with Gasteiger partial charge in [0.25, 0.3) is 0 Å². The molecule has 0 saturated carbocycles. The molecule has 0 amide bonds. The van der Waals surface area contributed by atoms with Gasteiger partial charge in [-0.15, -0.1) is 0 Å². The molecule has 0 saturated heterocycles. The molecule has 0 aliphatic carbocycles. The van der Waals surface area contributed by atoms with Crippen LogP contribution in [0.5, 0.6) is 0 Å². The zero-order chi connectivity index (χ0) is 11.4. The molecule has 0 spiro atoms. The van der Waals surface area contributed by atoms with E-state index in [1.165, 1.54) is 7.05 Å². The largest absolute Gasteiger partial charge is 0.481 e. The van der Waals surface area contributed by atoms with Crippen molar-refractivity contribution in [2.75, 3.05) is 7.05 Å². The Kier molecular flexibility index (Phi) is 4.03. The molecule has 7 heteroatoms. The minimum absolute atomic E-state index is 0.787. The van der Waals surface area contributed by atoms with Crippen molar-refractivity contribution < 1.29 is 29.7 Å². The summed E-state index contributed by atoms with van der Waals surface area (Å²) in [4.78, 5) is 31.5. The van der Waals surface area contributed by atoms with Gasteiger partial charge in [0, 0.05) is 0 Å². The standard InChI is InChI=1S/C7H11NO6/c1-8-7(6(13)14,2-4(9)10)3-5(11)12/h8H,2-3H2,1H3,(H,9,10)(H,11,12)(H,13,14). The van der Waals surface area contributed by atoms with Gasteiger partial charge >= 0.3 is 17.9 Å². The molecule has 14 heavy (non-hydrogen) atoms. The average molecular weight is 205 g/mol. The monoisotopic (exact) mass is 205 g/mol. The van der Waals surface area contributed by atoms with Crippen molar-refractivity contribution in [3.05, 3.63) is 0 Å². The van der Waals surface area contributed by atoms with E-state index in [1.807, 2.05) is 0 Å². The summed E-state index contributed by atoms with van der Waals surface area (Å²) >= 11 is 0. The molecule has 0 heterocycles. The zero-order valence-electron chi connectivity index (χ0n) is 7.48. The Morgan fingerprint density at radius 3 is 1.57 bits per heavy atom. The molecule has 0 bridgehead atoms. The molecule has 7 nitrogen and oxygen atoms in total. The van der Waals surface area contributed by atoms with Gasteiger partial charge in [0.15, 0.2) is 0 Å². The molecule has 0 atom stereocenters. The molecule has 0 unspecified atom stereocenters. The highest BCUT2D eigenvalue weighted by molar-refractivity contribution is 5.89. The number of carbonyl (C=O) groups is 3. The molecular formula is C7H11NO6. The van der Waals surface area contributed by atoms with Gasteiger partial charge in [-0.05, 0) is 7.05 Å². The van der Waals surface area contributed by atoms with Crippen LogP contribution in [0.4, 0.5) is 0 Å². The van der Waals surface area contributed by atoms with Crippen LogP contribution in [0, 0.1) is 0 Å². The predicted octanol–water partition coefficient (Wildman–Crippen LogP) is -1.02. The number of rotatable bonds is 6. The van der Waals surface area contributed by atoms with Crippen LogP contribution >= 0.6 is 0 Å². The van der Waals surface area contributed by atoms with Crippen molar-refractivity contribution >= 4 is 17.9 Å². The minimum Gasteiger partial charge on any atom is -0.481 e. The summed E-state index contributed by atoms with van der Waals surface area (Å²) in [6, 6.07) is 0. The van der Waals surface area contributed by atoms with E-state index in [2.05, 4.69) is 5.32 Å². The highest BCUT2D eigenvalue weighted by Crippen LogP contribution is 2.15. The van der Waals surface area contributed by atoms with Gasteiger partial charge in [0.1, 0.15) is 5.54 Å². The summed E-state index contributed by atoms with van der Waals surface area (Å²) in [6.07, 6.45) is -1.57. The second-order valence-electron chi connectivity index (χ2n) is 2.78. The number of carboxylic acid groups (broad SMARTS) is 3. The van der Waals surface area contributed by atoms with Gasteiger partial charge < -0.3 is 20.6 Å². The van der Waals surface area contributed by atoms with Crippen molar-refractivity contribution in [1.82, 2.24) is 5.32 Å². The van der Waals surface area contributed by atoms with E-state index in [0.29, 0.717) is 0 Å². The Morgan fingerprint density at radius 2 is 1.43 bits per heavy atom. The Bertz CT molecular complexity index is 245. The van der Waals surface area contributed by atoms with E-state index in [0.717, 1.165) is 0 Å². The van der Waals surface area contributed by atoms with E-state index in [1.54, 1.807) is 0 Å². The van der Waals surface area contributed by atoms with E-state index in [-0.39, 0.29) is 0 Å². The molecule has 0 aliphatic rings. The van der Waals surface area contributed by atoms with Crippen molar-refractivity contribution in [2.24, 2.45) is 0 Å².